The number of anilines is 3. The first-order valence-corrected chi connectivity index (χ1v) is 11.0. The molecule has 0 unspecified atom stereocenters. The molecule has 0 bridgehead atoms. The monoisotopic (exact) mass is 435 g/mol. The van der Waals surface area contributed by atoms with Gasteiger partial charge in [0.15, 0.2) is 0 Å². The van der Waals surface area contributed by atoms with E-state index in [-0.39, 0.29) is 22.8 Å². The number of amides is 2. The van der Waals surface area contributed by atoms with E-state index >= 15 is 0 Å². The highest BCUT2D eigenvalue weighted by Crippen LogP contribution is 2.46. The van der Waals surface area contributed by atoms with Crippen molar-refractivity contribution in [1.82, 2.24) is 0 Å². The van der Waals surface area contributed by atoms with Crippen molar-refractivity contribution in [3.05, 3.63) is 114 Å². The number of nitrogens with zero attached hydrogens (tertiary/aromatic N) is 3. The number of hydrazine groups is 1. The molecule has 2 aliphatic heterocycles. The van der Waals surface area contributed by atoms with E-state index in [1.54, 1.807) is 6.08 Å². The molecule has 0 aliphatic carbocycles. The second kappa shape index (κ2) is 7.78. The van der Waals surface area contributed by atoms with E-state index in [0.29, 0.717) is 11.4 Å². The Labute approximate surface area is 193 Å². The number of benzene rings is 3. The maximum Gasteiger partial charge on any atom is 0.283 e. The topological polar surface area (TPSA) is 43.9 Å². The molecule has 0 aromatic heterocycles. The van der Waals surface area contributed by atoms with Crippen LogP contribution in [-0.4, -0.2) is 18.9 Å². The van der Waals surface area contributed by atoms with Crippen LogP contribution in [0.15, 0.2) is 108 Å². The van der Waals surface area contributed by atoms with Crippen LogP contribution in [0.3, 0.4) is 0 Å². The van der Waals surface area contributed by atoms with Gasteiger partial charge in [-0.2, -0.15) is 0 Å². The molecule has 164 valence electrons. The van der Waals surface area contributed by atoms with Gasteiger partial charge in [-0.25, -0.2) is 10.0 Å². The first-order chi connectivity index (χ1) is 15.9. The number of hydrogen-bond donors (Lipinski definition) is 0. The van der Waals surface area contributed by atoms with Gasteiger partial charge in [0.1, 0.15) is 5.57 Å². The van der Waals surface area contributed by atoms with Crippen LogP contribution < -0.4 is 14.9 Å². The molecule has 5 rings (SSSR count). The van der Waals surface area contributed by atoms with Gasteiger partial charge < -0.3 is 4.90 Å². The summed E-state index contributed by atoms with van der Waals surface area (Å²) in [5.41, 5.74) is 4.55. The Kier molecular flexibility index (Phi) is 4.90. The largest absolute Gasteiger partial charge is 0.347 e. The van der Waals surface area contributed by atoms with Crippen LogP contribution in [0.1, 0.15) is 19.4 Å². The second-order valence-corrected chi connectivity index (χ2v) is 8.74. The number of para-hydroxylation sites is 3. The summed E-state index contributed by atoms with van der Waals surface area (Å²) in [5, 5.41) is 2.89. The SMILES string of the molecule is CN1/C(=C\C=C2C(=O)N(c3ccccc3)N(c3ccccc3)C2=O)C(C)(C)c2ccccc21. The minimum Gasteiger partial charge on any atom is -0.347 e. The van der Waals surface area contributed by atoms with E-state index in [2.05, 4.69) is 30.9 Å². The Bertz CT molecular complexity index is 1230. The van der Waals surface area contributed by atoms with Gasteiger partial charge in [0.2, 0.25) is 0 Å². The molecule has 0 N–H and O–H groups in total. The smallest absolute Gasteiger partial charge is 0.283 e. The van der Waals surface area contributed by atoms with Gasteiger partial charge in [-0.1, -0.05) is 68.4 Å². The van der Waals surface area contributed by atoms with E-state index in [9.17, 15) is 9.59 Å². The fourth-order valence-electron chi connectivity index (χ4n) is 4.71. The number of carbonyl (C=O) groups excluding carboxylic acids is 2. The van der Waals surface area contributed by atoms with Crippen molar-refractivity contribution < 1.29 is 9.59 Å². The third-order valence-corrected chi connectivity index (χ3v) is 6.40. The lowest BCUT2D eigenvalue weighted by Crippen LogP contribution is -2.41. The molecule has 5 heteroatoms. The highest BCUT2D eigenvalue weighted by Gasteiger charge is 2.43. The van der Waals surface area contributed by atoms with Crippen molar-refractivity contribution >= 4 is 28.9 Å². The molecule has 2 aliphatic rings. The summed E-state index contributed by atoms with van der Waals surface area (Å²) in [6, 6.07) is 26.8. The van der Waals surface area contributed by atoms with Gasteiger partial charge in [0.05, 0.1) is 11.4 Å². The lowest BCUT2D eigenvalue weighted by atomic mass is 9.83. The summed E-state index contributed by atoms with van der Waals surface area (Å²) in [4.78, 5) is 29.2. The molecule has 0 atom stereocenters. The van der Waals surface area contributed by atoms with Crippen molar-refractivity contribution in [3.8, 4) is 0 Å². The number of likely N-dealkylation sites (N-methyl/N-ethyl adjacent to an activating group) is 1. The Morgan fingerprint density at radius 1 is 0.667 bits per heavy atom. The quantitative estimate of drug-likeness (QED) is 0.419. The third-order valence-electron chi connectivity index (χ3n) is 6.40. The van der Waals surface area contributed by atoms with Crippen LogP contribution in [0.5, 0.6) is 0 Å². The molecule has 2 amide bonds. The number of rotatable bonds is 3. The molecule has 3 aromatic rings. The van der Waals surface area contributed by atoms with Crippen molar-refractivity contribution in [2.45, 2.75) is 19.3 Å². The average Bonchev–Trinajstić information content (AvgIpc) is 3.20. The van der Waals surface area contributed by atoms with E-state index in [0.717, 1.165) is 11.4 Å². The molecule has 3 aromatic carbocycles. The molecule has 33 heavy (non-hydrogen) atoms. The molecule has 0 saturated carbocycles. The predicted molar refractivity (Wildman–Crippen MR) is 132 cm³/mol. The number of allylic oxidation sites excluding steroid dienone is 3. The van der Waals surface area contributed by atoms with E-state index in [1.807, 2.05) is 85.9 Å². The summed E-state index contributed by atoms with van der Waals surface area (Å²) in [7, 11) is 2.02. The van der Waals surface area contributed by atoms with Crippen LogP contribution in [0.4, 0.5) is 17.1 Å². The summed E-state index contributed by atoms with van der Waals surface area (Å²) in [6.45, 7) is 4.31. The molecule has 5 nitrogen and oxygen atoms in total. The zero-order valence-electron chi connectivity index (χ0n) is 18.9. The maximum absolute atomic E-state index is 13.5. The molecule has 1 saturated heterocycles. The zero-order valence-corrected chi connectivity index (χ0v) is 18.9. The van der Waals surface area contributed by atoms with Gasteiger partial charge in [-0.15, -0.1) is 0 Å². The van der Waals surface area contributed by atoms with Crippen molar-refractivity contribution in [2.24, 2.45) is 0 Å². The Morgan fingerprint density at radius 3 is 1.67 bits per heavy atom. The van der Waals surface area contributed by atoms with Gasteiger partial charge in [0.25, 0.3) is 11.8 Å². The lowest BCUT2D eigenvalue weighted by molar-refractivity contribution is -0.116. The summed E-state index contributed by atoms with van der Waals surface area (Å²) in [6.07, 6.45) is 3.58. The zero-order chi connectivity index (χ0) is 23.2. The standard InChI is InChI=1S/C28H25N3O2/c1-28(2)23-16-10-11-17-24(23)29(3)25(28)19-18-22-26(32)30(20-12-6-4-7-13-20)31(27(22)33)21-14-8-5-9-15-21/h4-19H,1-3H3/b25-19-. The van der Waals surface area contributed by atoms with Gasteiger partial charge >= 0.3 is 0 Å². The predicted octanol–water partition coefficient (Wildman–Crippen LogP) is 5.22. The fraction of sp³-hybridized carbons (Fsp3) is 0.143. The van der Waals surface area contributed by atoms with Crippen LogP contribution in [0, 0.1) is 0 Å². The van der Waals surface area contributed by atoms with Crippen LogP contribution in [-0.2, 0) is 15.0 Å². The summed E-state index contributed by atoms with van der Waals surface area (Å²) >= 11 is 0. The molecule has 1 fully saturated rings. The first kappa shape index (κ1) is 20.8. The minimum absolute atomic E-state index is 0.135. The van der Waals surface area contributed by atoms with Crippen molar-refractivity contribution in [1.29, 1.82) is 0 Å². The molecule has 0 spiro atoms. The maximum atomic E-state index is 13.5. The van der Waals surface area contributed by atoms with Crippen LogP contribution in [0.25, 0.3) is 0 Å². The Hall–Kier alpha value is -4.12. The molecule has 2 heterocycles. The molecule has 0 radical (unpaired) electrons. The highest BCUT2D eigenvalue weighted by atomic mass is 16.2. The average molecular weight is 436 g/mol. The van der Waals surface area contributed by atoms with Crippen LogP contribution >= 0.6 is 0 Å². The molecular weight excluding hydrogens is 410 g/mol. The van der Waals surface area contributed by atoms with Gasteiger partial charge in [-0.3, -0.25) is 9.59 Å². The van der Waals surface area contributed by atoms with Gasteiger partial charge in [-0.05, 0) is 48.0 Å². The van der Waals surface area contributed by atoms with Crippen LogP contribution in [0.2, 0.25) is 0 Å². The molecular formula is C28H25N3O2. The highest BCUT2D eigenvalue weighted by molar-refractivity contribution is 6.36. The van der Waals surface area contributed by atoms with E-state index < -0.39 is 0 Å². The normalized spacial score (nSPS) is 18.3. The number of hydrogen-bond acceptors (Lipinski definition) is 3. The minimum atomic E-state index is -0.345. The van der Waals surface area contributed by atoms with Gasteiger partial charge in [0, 0.05) is 23.8 Å². The first-order valence-electron chi connectivity index (χ1n) is 11.0. The summed E-state index contributed by atoms with van der Waals surface area (Å²) < 4.78 is 0. The lowest BCUT2D eigenvalue weighted by Gasteiger charge is -2.27. The summed E-state index contributed by atoms with van der Waals surface area (Å²) in [5.74, 6) is -0.689. The van der Waals surface area contributed by atoms with Crippen molar-refractivity contribution in [3.63, 3.8) is 0 Å². The second-order valence-electron chi connectivity index (χ2n) is 8.74. The Balaban J connectivity index is 1.59. The Morgan fingerprint density at radius 2 is 1.15 bits per heavy atom. The van der Waals surface area contributed by atoms with Crippen molar-refractivity contribution in [2.75, 3.05) is 22.0 Å². The van der Waals surface area contributed by atoms with E-state index in [4.69, 9.17) is 0 Å². The van der Waals surface area contributed by atoms with E-state index in [1.165, 1.54) is 15.6 Å². The number of fused-ring (bicyclic) bond motifs is 1. The number of carbonyl (C=O) groups is 2. The third kappa shape index (κ3) is 3.24. The fourth-order valence-corrected chi connectivity index (χ4v) is 4.71.